The summed E-state index contributed by atoms with van der Waals surface area (Å²) in [7, 11) is 2.00. The highest BCUT2D eigenvalue weighted by Gasteiger charge is 2.24. The van der Waals surface area contributed by atoms with Crippen LogP contribution in [0.2, 0.25) is 5.02 Å². The van der Waals surface area contributed by atoms with Crippen molar-refractivity contribution in [2.24, 2.45) is 0 Å². The Morgan fingerprint density at radius 3 is 2.85 bits per heavy atom. The van der Waals surface area contributed by atoms with Crippen LogP contribution in [0.5, 0.6) is 0 Å². The first-order chi connectivity index (χ1) is 9.61. The Morgan fingerprint density at radius 2 is 2.15 bits per heavy atom. The summed E-state index contributed by atoms with van der Waals surface area (Å²) < 4.78 is 5.68. The zero-order chi connectivity index (χ0) is 14.5. The van der Waals surface area contributed by atoms with Crippen molar-refractivity contribution < 1.29 is 4.74 Å². The molecule has 1 aliphatic heterocycles. The van der Waals surface area contributed by atoms with Gasteiger partial charge in [0, 0.05) is 30.2 Å². The van der Waals surface area contributed by atoms with Gasteiger partial charge in [0.25, 0.3) is 0 Å². The third-order valence-electron chi connectivity index (χ3n) is 4.07. The summed E-state index contributed by atoms with van der Waals surface area (Å²) in [4.78, 5) is 2.51. The number of hydrogen-bond acceptors (Lipinski definition) is 3. The maximum absolute atomic E-state index is 6.30. The lowest BCUT2D eigenvalue weighted by molar-refractivity contribution is -0.0502. The molecule has 2 rings (SSSR count). The Hall–Kier alpha value is -0.610. The molecule has 0 aromatic heterocycles. The van der Waals surface area contributed by atoms with E-state index in [1.165, 1.54) is 5.56 Å². The third kappa shape index (κ3) is 3.95. The summed E-state index contributed by atoms with van der Waals surface area (Å²) >= 11 is 6.30. The Bertz CT molecular complexity index is 427. The Morgan fingerprint density at radius 1 is 1.40 bits per heavy atom. The molecule has 3 nitrogen and oxygen atoms in total. The zero-order valence-electron chi connectivity index (χ0n) is 12.6. The molecule has 4 heteroatoms. The number of benzene rings is 1. The maximum atomic E-state index is 6.30. The van der Waals surface area contributed by atoms with Crippen molar-refractivity contribution in [2.75, 3.05) is 26.7 Å². The molecule has 1 saturated heterocycles. The molecule has 3 unspecified atom stereocenters. The molecule has 0 saturated carbocycles. The van der Waals surface area contributed by atoms with Gasteiger partial charge in [0.2, 0.25) is 0 Å². The van der Waals surface area contributed by atoms with Gasteiger partial charge in [0.15, 0.2) is 0 Å². The average molecular weight is 297 g/mol. The number of halogens is 1. The molecule has 3 atom stereocenters. The van der Waals surface area contributed by atoms with Crippen molar-refractivity contribution in [1.82, 2.24) is 10.2 Å². The van der Waals surface area contributed by atoms with Crippen molar-refractivity contribution in [3.8, 4) is 0 Å². The second kappa shape index (κ2) is 7.41. The number of rotatable bonds is 5. The number of ether oxygens (including phenoxy) is 1. The van der Waals surface area contributed by atoms with Crippen molar-refractivity contribution in [3.05, 3.63) is 34.9 Å². The van der Waals surface area contributed by atoms with Gasteiger partial charge < -0.3 is 10.1 Å². The van der Waals surface area contributed by atoms with E-state index >= 15 is 0 Å². The van der Waals surface area contributed by atoms with E-state index in [0.717, 1.165) is 31.1 Å². The number of hydrogen-bond donors (Lipinski definition) is 1. The minimum absolute atomic E-state index is 0.300. The SMILES string of the molecule is CNC(CCN1CC(C)OCC1C)c1ccccc1Cl. The average Bonchev–Trinajstić information content (AvgIpc) is 2.45. The predicted octanol–water partition coefficient (Wildman–Crippen LogP) is 3.10. The first-order valence-corrected chi connectivity index (χ1v) is 7.77. The normalized spacial score (nSPS) is 25.6. The fraction of sp³-hybridized carbons (Fsp3) is 0.625. The van der Waals surface area contributed by atoms with E-state index in [2.05, 4.69) is 30.1 Å². The van der Waals surface area contributed by atoms with Gasteiger partial charge in [0.1, 0.15) is 0 Å². The van der Waals surface area contributed by atoms with Gasteiger partial charge in [-0.05, 0) is 38.9 Å². The molecule has 0 amide bonds. The van der Waals surface area contributed by atoms with Crippen LogP contribution in [0.1, 0.15) is 31.9 Å². The van der Waals surface area contributed by atoms with E-state index < -0.39 is 0 Å². The van der Waals surface area contributed by atoms with Gasteiger partial charge >= 0.3 is 0 Å². The van der Waals surface area contributed by atoms with Crippen LogP contribution in [-0.2, 0) is 4.74 Å². The Kier molecular flexibility index (Phi) is 5.85. The van der Waals surface area contributed by atoms with Gasteiger partial charge in [0.05, 0.1) is 12.7 Å². The van der Waals surface area contributed by atoms with E-state index in [1.54, 1.807) is 0 Å². The second-order valence-electron chi connectivity index (χ2n) is 5.64. The van der Waals surface area contributed by atoms with Crippen molar-refractivity contribution in [2.45, 2.75) is 38.5 Å². The van der Waals surface area contributed by atoms with Gasteiger partial charge in [-0.2, -0.15) is 0 Å². The lowest BCUT2D eigenvalue weighted by Crippen LogP contribution is -2.48. The Labute approximate surface area is 127 Å². The molecule has 1 aliphatic rings. The fourth-order valence-electron chi connectivity index (χ4n) is 2.79. The van der Waals surface area contributed by atoms with Crippen LogP contribution in [0.3, 0.4) is 0 Å². The molecule has 0 radical (unpaired) electrons. The first-order valence-electron chi connectivity index (χ1n) is 7.39. The molecule has 0 spiro atoms. The highest BCUT2D eigenvalue weighted by molar-refractivity contribution is 6.31. The largest absolute Gasteiger partial charge is 0.376 e. The van der Waals surface area contributed by atoms with E-state index in [4.69, 9.17) is 16.3 Å². The summed E-state index contributed by atoms with van der Waals surface area (Å²) in [5, 5.41) is 4.23. The minimum atomic E-state index is 0.300. The topological polar surface area (TPSA) is 24.5 Å². The Balaban J connectivity index is 1.95. The van der Waals surface area contributed by atoms with Crippen LogP contribution in [0.15, 0.2) is 24.3 Å². The number of nitrogens with zero attached hydrogens (tertiary/aromatic N) is 1. The van der Waals surface area contributed by atoms with Crippen LogP contribution < -0.4 is 5.32 Å². The van der Waals surface area contributed by atoms with Crippen molar-refractivity contribution >= 4 is 11.6 Å². The molecule has 112 valence electrons. The third-order valence-corrected chi connectivity index (χ3v) is 4.42. The van der Waals surface area contributed by atoms with Crippen molar-refractivity contribution in [3.63, 3.8) is 0 Å². The van der Waals surface area contributed by atoms with Gasteiger partial charge in [-0.25, -0.2) is 0 Å². The second-order valence-corrected chi connectivity index (χ2v) is 6.05. The van der Waals surface area contributed by atoms with Gasteiger partial charge in [-0.3, -0.25) is 4.90 Å². The van der Waals surface area contributed by atoms with E-state index in [-0.39, 0.29) is 0 Å². The molecule has 0 aliphatic carbocycles. The van der Waals surface area contributed by atoms with E-state index in [0.29, 0.717) is 18.2 Å². The van der Waals surface area contributed by atoms with E-state index in [1.807, 2.05) is 25.2 Å². The van der Waals surface area contributed by atoms with Crippen LogP contribution in [0, 0.1) is 0 Å². The molecule has 1 aromatic carbocycles. The molecular formula is C16H25ClN2O. The van der Waals surface area contributed by atoms with Crippen LogP contribution in [0.4, 0.5) is 0 Å². The smallest absolute Gasteiger partial charge is 0.0674 e. The first kappa shape index (κ1) is 15.8. The van der Waals surface area contributed by atoms with Gasteiger partial charge in [-0.1, -0.05) is 29.8 Å². The molecule has 1 aromatic rings. The summed E-state index contributed by atoms with van der Waals surface area (Å²) in [6.07, 6.45) is 1.39. The lowest BCUT2D eigenvalue weighted by atomic mass is 10.0. The molecule has 0 bridgehead atoms. The zero-order valence-corrected chi connectivity index (χ0v) is 13.4. The quantitative estimate of drug-likeness (QED) is 0.903. The maximum Gasteiger partial charge on any atom is 0.0674 e. The highest BCUT2D eigenvalue weighted by atomic mass is 35.5. The van der Waals surface area contributed by atoms with Crippen LogP contribution in [-0.4, -0.2) is 43.8 Å². The molecule has 1 N–H and O–H groups in total. The molecule has 1 fully saturated rings. The predicted molar refractivity (Wildman–Crippen MR) is 84.3 cm³/mol. The monoisotopic (exact) mass is 296 g/mol. The molecular weight excluding hydrogens is 272 g/mol. The summed E-state index contributed by atoms with van der Waals surface area (Å²) in [6.45, 7) is 7.28. The summed E-state index contributed by atoms with van der Waals surface area (Å²) in [5.74, 6) is 0. The molecule has 20 heavy (non-hydrogen) atoms. The number of nitrogens with one attached hydrogen (secondary N) is 1. The summed E-state index contributed by atoms with van der Waals surface area (Å²) in [5.41, 5.74) is 1.19. The molecule has 1 heterocycles. The van der Waals surface area contributed by atoms with E-state index in [9.17, 15) is 0 Å². The number of morpholine rings is 1. The van der Waals surface area contributed by atoms with Crippen LogP contribution in [0.25, 0.3) is 0 Å². The highest BCUT2D eigenvalue weighted by Crippen LogP contribution is 2.25. The van der Waals surface area contributed by atoms with Crippen molar-refractivity contribution in [1.29, 1.82) is 0 Å². The van der Waals surface area contributed by atoms with Crippen LogP contribution >= 0.6 is 11.6 Å². The fourth-order valence-corrected chi connectivity index (χ4v) is 3.06. The lowest BCUT2D eigenvalue weighted by Gasteiger charge is -2.37. The standard InChI is InChI=1S/C16H25ClN2O/c1-12-11-20-13(2)10-19(12)9-8-16(18-3)14-6-4-5-7-15(14)17/h4-7,12-13,16,18H,8-11H2,1-3H3. The van der Waals surface area contributed by atoms with Gasteiger partial charge in [-0.15, -0.1) is 0 Å². The summed E-state index contributed by atoms with van der Waals surface area (Å²) in [6, 6.07) is 8.88. The minimum Gasteiger partial charge on any atom is -0.376 e.